The molecule has 1 heterocycles. The molecule has 1 aliphatic heterocycles. The maximum Gasteiger partial charge on any atom is 0.155 e. The number of fused-ring (bicyclic) bond motifs is 2. The van der Waals surface area contributed by atoms with E-state index in [1.807, 2.05) is 19.9 Å². The number of rotatable bonds is 4. The van der Waals surface area contributed by atoms with E-state index in [4.69, 9.17) is 4.74 Å². The van der Waals surface area contributed by atoms with E-state index < -0.39 is 5.82 Å². The molecule has 120 valence electrons. The highest BCUT2D eigenvalue weighted by Crippen LogP contribution is 2.37. The van der Waals surface area contributed by atoms with Gasteiger partial charge in [-0.1, -0.05) is 19.4 Å². The van der Waals surface area contributed by atoms with E-state index in [2.05, 4.69) is 10.3 Å². The first-order valence-electron chi connectivity index (χ1n) is 7.76. The van der Waals surface area contributed by atoms with Gasteiger partial charge in [-0.2, -0.15) is 0 Å². The van der Waals surface area contributed by atoms with Crippen molar-refractivity contribution in [1.82, 2.24) is 0 Å². The molecule has 0 radical (unpaired) electrons. The van der Waals surface area contributed by atoms with Gasteiger partial charge in [-0.05, 0) is 19.4 Å². The zero-order valence-electron chi connectivity index (χ0n) is 13.1. The van der Waals surface area contributed by atoms with Crippen molar-refractivity contribution < 1.29 is 13.5 Å². The summed E-state index contributed by atoms with van der Waals surface area (Å²) >= 11 is 0. The zero-order valence-corrected chi connectivity index (χ0v) is 13.1. The summed E-state index contributed by atoms with van der Waals surface area (Å²) < 4.78 is 33.9. The SMILES string of the molecule is CCC/C=c1/cc2c(cc1F)=Nc1cc(F)c(NCC)cc1O2. The fraction of sp³-hybridized carbons (Fsp3) is 0.278. The van der Waals surface area contributed by atoms with E-state index in [0.29, 0.717) is 40.0 Å². The van der Waals surface area contributed by atoms with E-state index >= 15 is 0 Å². The van der Waals surface area contributed by atoms with E-state index in [1.165, 1.54) is 12.1 Å². The minimum absolute atomic E-state index is 0.349. The van der Waals surface area contributed by atoms with Crippen LogP contribution in [-0.2, 0) is 0 Å². The van der Waals surface area contributed by atoms with Crippen LogP contribution in [0.3, 0.4) is 0 Å². The molecule has 0 unspecified atom stereocenters. The number of nitrogens with zero attached hydrogens (tertiary/aromatic N) is 1. The second-order valence-corrected chi connectivity index (χ2v) is 5.38. The molecule has 0 atom stereocenters. The molecule has 3 nitrogen and oxygen atoms in total. The van der Waals surface area contributed by atoms with Crippen LogP contribution in [0.4, 0.5) is 20.2 Å². The minimum atomic E-state index is -0.408. The van der Waals surface area contributed by atoms with Crippen molar-refractivity contribution in [2.75, 3.05) is 11.9 Å². The van der Waals surface area contributed by atoms with Gasteiger partial charge in [0.05, 0.1) is 5.69 Å². The third-order valence-electron chi connectivity index (χ3n) is 3.61. The van der Waals surface area contributed by atoms with Gasteiger partial charge >= 0.3 is 0 Å². The fourth-order valence-corrected chi connectivity index (χ4v) is 2.47. The molecular formula is C18H18F2N2O. The Morgan fingerprint density at radius 3 is 2.65 bits per heavy atom. The Labute approximate surface area is 133 Å². The van der Waals surface area contributed by atoms with Gasteiger partial charge in [0.25, 0.3) is 0 Å². The summed E-state index contributed by atoms with van der Waals surface area (Å²) in [5, 5.41) is 3.81. The lowest BCUT2D eigenvalue weighted by atomic mass is 10.2. The maximum absolute atomic E-state index is 14.1. The van der Waals surface area contributed by atoms with Crippen LogP contribution in [0.5, 0.6) is 11.5 Å². The van der Waals surface area contributed by atoms with Crippen LogP contribution in [-0.4, -0.2) is 6.54 Å². The highest BCUT2D eigenvalue weighted by atomic mass is 19.1. The number of nitrogens with one attached hydrogen (secondary N) is 1. The Morgan fingerprint density at radius 1 is 1.09 bits per heavy atom. The molecule has 0 bridgehead atoms. The lowest BCUT2D eigenvalue weighted by Crippen LogP contribution is -2.18. The van der Waals surface area contributed by atoms with Gasteiger partial charge in [0.1, 0.15) is 22.7 Å². The van der Waals surface area contributed by atoms with Gasteiger partial charge in [0.15, 0.2) is 11.5 Å². The van der Waals surface area contributed by atoms with Crippen molar-refractivity contribution in [2.24, 2.45) is 4.99 Å². The second-order valence-electron chi connectivity index (χ2n) is 5.38. The molecule has 0 saturated heterocycles. The average molecular weight is 316 g/mol. The summed E-state index contributed by atoms with van der Waals surface area (Å²) in [7, 11) is 0. The van der Waals surface area contributed by atoms with Crippen molar-refractivity contribution >= 4 is 17.5 Å². The van der Waals surface area contributed by atoms with Crippen molar-refractivity contribution in [1.29, 1.82) is 0 Å². The molecular weight excluding hydrogens is 298 g/mol. The van der Waals surface area contributed by atoms with E-state index in [1.54, 1.807) is 12.1 Å². The molecule has 2 aromatic carbocycles. The van der Waals surface area contributed by atoms with Gasteiger partial charge in [0.2, 0.25) is 0 Å². The topological polar surface area (TPSA) is 33.6 Å². The van der Waals surface area contributed by atoms with Crippen LogP contribution < -0.4 is 20.6 Å². The van der Waals surface area contributed by atoms with Gasteiger partial charge in [-0.25, -0.2) is 13.8 Å². The number of unbranched alkanes of at least 4 members (excludes halogenated alkanes) is 1. The summed E-state index contributed by atoms with van der Waals surface area (Å²) in [6.45, 7) is 4.52. The van der Waals surface area contributed by atoms with Crippen molar-refractivity contribution in [3.63, 3.8) is 0 Å². The number of anilines is 1. The summed E-state index contributed by atoms with van der Waals surface area (Å²) in [6.07, 6.45) is 3.57. The minimum Gasteiger partial charge on any atom is -0.453 e. The molecule has 0 aliphatic carbocycles. The molecule has 0 amide bonds. The summed E-state index contributed by atoms with van der Waals surface area (Å²) in [6, 6.07) is 5.85. The van der Waals surface area contributed by atoms with Gasteiger partial charge in [-0.15, -0.1) is 0 Å². The highest BCUT2D eigenvalue weighted by Gasteiger charge is 2.17. The largest absolute Gasteiger partial charge is 0.453 e. The number of benzene rings is 2. The Bertz CT molecular complexity index is 862. The molecule has 0 aromatic heterocycles. The van der Waals surface area contributed by atoms with Gasteiger partial charge < -0.3 is 10.1 Å². The Hall–Kier alpha value is -2.43. The number of ether oxygens (including phenoxy) is 1. The van der Waals surface area contributed by atoms with E-state index in [9.17, 15) is 8.78 Å². The van der Waals surface area contributed by atoms with E-state index in [-0.39, 0.29) is 5.82 Å². The third kappa shape index (κ3) is 3.04. The summed E-state index contributed by atoms with van der Waals surface area (Å²) in [5.74, 6) is 0.186. The van der Waals surface area contributed by atoms with Gasteiger partial charge in [-0.3, -0.25) is 0 Å². The fourth-order valence-electron chi connectivity index (χ4n) is 2.47. The molecule has 0 saturated carbocycles. The molecule has 3 rings (SSSR count). The monoisotopic (exact) mass is 316 g/mol. The third-order valence-corrected chi connectivity index (χ3v) is 3.61. The molecule has 1 N–H and O–H groups in total. The Kier molecular flexibility index (Phi) is 4.28. The second kappa shape index (κ2) is 6.36. The number of hydrogen-bond donors (Lipinski definition) is 1. The first-order valence-corrected chi connectivity index (χ1v) is 7.76. The van der Waals surface area contributed by atoms with Crippen LogP contribution in [0.15, 0.2) is 29.3 Å². The van der Waals surface area contributed by atoms with Crippen LogP contribution in [0.2, 0.25) is 0 Å². The first kappa shape index (κ1) is 15.5. The lowest BCUT2D eigenvalue weighted by molar-refractivity contribution is 0.464. The van der Waals surface area contributed by atoms with Crippen LogP contribution in [0, 0.1) is 11.6 Å². The number of halogens is 2. The first-order chi connectivity index (χ1) is 11.1. The predicted octanol–water partition coefficient (Wildman–Crippen LogP) is 4.03. The standard InChI is InChI=1S/C18H18F2N2O/c1-3-5-6-11-7-17-15(8-12(11)19)22-16-9-13(20)14(21-4-2)10-18(16)23-17/h6-10,21H,3-5H2,1-2H3/b11-6-. The maximum atomic E-state index is 14.1. The van der Waals surface area contributed by atoms with Crippen molar-refractivity contribution in [3.05, 3.63) is 46.5 Å². The molecule has 1 aliphatic rings. The van der Waals surface area contributed by atoms with Crippen LogP contribution in [0.1, 0.15) is 26.7 Å². The van der Waals surface area contributed by atoms with Gasteiger partial charge in [0, 0.05) is 30.0 Å². The quantitative estimate of drug-likeness (QED) is 0.788. The smallest absolute Gasteiger partial charge is 0.155 e. The molecule has 0 spiro atoms. The Balaban J connectivity index is 2.11. The molecule has 23 heavy (non-hydrogen) atoms. The van der Waals surface area contributed by atoms with Crippen molar-refractivity contribution in [3.8, 4) is 11.5 Å². The molecule has 0 fully saturated rings. The number of hydrogen-bond acceptors (Lipinski definition) is 3. The lowest BCUT2D eigenvalue weighted by Gasteiger charge is -2.16. The summed E-state index contributed by atoms with van der Waals surface area (Å²) in [5.41, 5.74) is 0.728. The average Bonchev–Trinajstić information content (AvgIpc) is 2.52. The Morgan fingerprint density at radius 2 is 1.91 bits per heavy atom. The normalized spacial score (nSPS) is 13.0. The van der Waals surface area contributed by atoms with Crippen molar-refractivity contribution in [2.45, 2.75) is 26.7 Å². The summed E-state index contributed by atoms with van der Waals surface area (Å²) in [4.78, 5) is 4.31. The molecule has 2 aromatic rings. The van der Waals surface area contributed by atoms with Crippen LogP contribution in [0.25, 0.3) is 6.08 Å². The van der Waals surface area contributed by atoms with Crippen LogP contribution >= 0.6 is 0 Å². The highest BCUT2D eigenvalue weighted by molar-refractivity contribution is 5.64. The molecule has 5 heteroatoms. The zero-order chi connectivity index (χ0) is 16.4. The van der Waals surface area contributed by atoms with E-state index in [0.717, 1.165) is 12.8 Å². The predicted molar refractivity (Wildman–Crippen MR) is 86.9 cm³/mol.